The molecule has 0 atom stereocenters. The smallest absolute Gasteiger partial charge is 0.261 e. The molecular weight excluding hydrogens is 276 g/mol. The second kappa shape index (κ2) is 8.87. The van der Waals surface area contributed by atoms with Gasteiger partial charge >= 0.3 is 0 Å². The Labute approximate surface area is 125 Å². The Morgan fingerprint density at radius 1 is 1.24 bits per heavy atom. The van der Waals surface area contributed by atoms with Crippen LogP contribution in [0.1, 0.15) is 50.2 Å². The Hall–Kier alpha value is -1.30. The minimum absolute atomic E-state index is 0.206. The Bertz CT molecular complexity index is 439. The molecule has 120 valence electrons. The van der Waals surface area contributed by atoms with Gasteiger partial charge in [0.05, 0.1) is 6.61 Å². The average molecular weight is 301 g/mol. The molecule has 1 aromatic rings. The molecule has 0 aliphatic heterocycles. The third-order valence-electron chi connectivity index (χ3n) is 3.02. The first-order valence-corrected chi connectivity index (χ1v) is 7.42. The lowest BCUT2D eigenvalue weighted by atomic mass is 10.0. The number of aryl methyl sites for hydroxylation is 1. The molecule has 0 bridgehead atoms. The lowest BCUT2D eigenvalue weighted by Gasteiger charge is -2.17. The van der Waals surface area contributed by atoms with Crippen molar-refractivity contribution in [1.29, 1.82) is 0 Å². The van der Waals surface area contributed by atoms with Gasteiger partial charge in [-0.25, -0.2) is 18.7 Å². The standard InChI is InChI=1S/C15H25F2N3O/c1-5-7-18-15-14(10(2)3)11(4)19-13(20-15)6-8-21-9-12(16)17/h10,12H,5-9H2,1-4H3,(H,18,19,20). The molecule has 0 saturated heterocycles. The Kier molecular flexibility index (Phi) is 7.50. The molecule has 0 aliphatic rings. The highest BCUT2D eigenvalue weighted by atomic mass is 19.3. The number of hydrogen-bond donors (Lipinski definition) is 1. The number of aromatic nitrogens is 2. The van der Waals surface area contributed by atoms with Crippen molar-refractivity contribution < 1.29 is 13.5 Å². The van der Waals surface area contributed by atoms with Gasteiger partial charge in [0, 0.05) is 24.2 Å². The van der Waals surface area contributed by atoms with Crippen LogP contribution < -0.4 is 5.32 Å². The highest BCUT2D eigenvalue weighted by Gasteiger charge is 2.14. The lowest BCUT2D eigenvalue weighted by molar-refractivity contribution is 0.0183. The number of alkyl halides is 2. The molecule has 0 amide bonds. The monoisotopic (exact) mass is 301 g/mol. The minimum atomic E-state index is -2.43. The number of hydrogen-bond acceptors (Lipinski definition) is 4. The van der Waals surface area contributed by atoms with Crippen LogP contribution >= 0.6 is 0 Å². The molecule has 1 rings (SSSR count). The van der Waals surface area contributed by atoms with Crippen LogP contribution in [-0.2, 0) is 11.2 Å². The third kappa shape index (κ3) is 5.91. The molecule has 1 aromatic heterocycles. The highest BCUT2D eigenvalue weighted by Crippen LogP contribution is 2.25. The van der Waals surface area contributed by atoms with Crippen LogP contribution in [0.4, 0.5) is 14.6 Å². The van der Waals surface area contributed by atoms with E-state index in [2.05, 4.69) is 36.1 Å². The van der Waals surface area contributed by atoms with E-state index in [1.54, 1.807) is 0 Å². The van der Waals surface area contributed by atoms with Crippen LogP contribution in [0.15, 0.2) is 0 Å². The van der Waals surface area contributed by atoms with Gasteiger partial charge in [-0.3, -0.25) is 0 Å². The number of nitrogens with zero attached hydrogens (tertiary/aromatic N) is 2. The van der Waals surface area contributed by atoms with Crippen molar-refractivity contribution in [3.05, 3.63) is 17.1 Å². The molecule has 6 heteroatoms. The number of nitrogens with one attached hydrogen (secondary N) is 1. The summed E-state index contributed by atoms with van der Waals surface area (Å²) in [4.78, 5) is 8.98. The Morgan fingerprint density at radius 2 is 1.95 bits per heavy atom. The van der Waals surface area contributed by atoms with Gasteiger partial charge in [0.25, 0.3) is 6.43 Å². The van der Waals surface area contributed by atoms with Crippen LogP contribution in [0.5, 0.6) is 0 Å². The van der Waals surface area contributed by atoms with Gasteiger partial charge in [-0.05, 0) is 19.3 Å². The maximum Gasteiger partial charge on any atom is 0.261 e. The minimum Gasteiger partial charge on any atom is -0.375 e. The molecular formula is C15H25F2N3O. The van der Waals surface area contributed by atoms with Crippen molar-refractivity contribution in [2.45, 2.75) is 52.9 Å². The van der Waals surface area contributed by atoms with Gasteiger partial charge in [0.15, 0.2) is 0 Å². The SMILES string of the molecule is CCCNc1nc(CCOCC(F)F)nc(C)c1C(C)C. The summed E-state index contributed by atoms with van der Waals surface area (Å²) in [5.41, 5.74) is 2.04. The first-order chi connectivity index (χ1) is 9.95. The van der Waals surface area contributed by atoms with E-state index in [1.165, 1.54) is 0 Å². The second-order valence-electron chi connectivity index (χ2n) is 5.29. The largest absolute Gasteiger partial charge is 0.375 e. The lowest BCUT2D eigenvalue weighted by Crippen LogP contribution is -2.14. The molecule has 4 nitrogen and oxygen atoms in total. The summed E-state index contributed by atoms with van der Waals surface area (Å²) in [7, 11) is 0. The van der Waals surface area contributed by atoms with E-state index in [4.69, 9.17) is 4.74 Å². The van der Waals surface area contributed by atoms with Crippen molar-refractivity contribution in [1.82, 2.24) is 9.97 Å². The van der Waals surface area contributed by atoms with Crippen molar-refractivity contribution in [2.24, 2.45) is 0 Å². The maximum absolute atomic E-state index is 12.0. The quantitative estimate of drug-likeness (QED) is 0.709. The predicted molar refractivity (Wildman–Crippen MR) is 80.2 cm³/mol. The molecule has 0 spiro atoms. The molecule has 0 unspecified atom stereocenters. The highest BCUT2D eigenvalue weighted by molar-refractivity contribution is 5.48. The number of anilines is 1. The summed E-state index contributed by atoms with van der Waals surface area (Å²) < 4.78 is 28.9. The number of rotatable bonds is 9. The Morgan fingerprint density at radius 3 is 2.52 bits per heavy atom. The topological polar surface area (TPSA) is 47.0 Å². The molecule has 0 radical (unpaired) electrons. The summed E-state index contributed by atoms with van der Waals surface area (Å²) in [6.45, 7) is 8.77. The average Bonchev–Trinajstić information content (AvgIpc) is 2.40. The molecule has 0 aromatic carbocycles. The Balaban J connectivity index is 2.79. The molecule has 0 aliphatic carbocycles. The van der Waals surface area contributed by atoms with Gasteiger partial charge in [0.2, 0.25) is 0 Å². The van der Waals surface area contributed by atoms with Gasteiger partial charge in [0.1, 0.15) is 18.2 Å². The summed E-state index contributed by atoms with van der Waals surface area (Å²) in [6, 6.07) is 0. The zero-order valence-electron chi connectivity index (χ0n) is 13.2. The number of halogens is 2. The van der Waals surface area contributed by atoms with E-state index >= 15 is 0 Å². The van der Waals surface area contributed by atoms with Crippen molar-refractivity contribution >= 4 is 5.82 Å². The van der Waals surface area contributed by atoms with Gasteiger partial charge in [-0.15, -0.1) is 0 Å². The van der Waals surface area contributed by atoms with Crippen molar-refractivity contribution in [3.63, 3.8) is 0 Å². The van der Waals surface area contributed by atoms with Crippen LogP contribution in [-0.4, -0.2) is 36.2 Å². The summed E-state index contributed by atoms with van der Waals surface area (Å²) in [5.74, 6) is 1.81. The van der Waals surface area contributed by atoms with Gasteiger partial charge in [-0.2, -0.15) is 0 Å². The van der Waals surface area contributed by atoms with E-state index in [9.17, 15) is 8.78 Å². The van der Waals surface area contributed by atoms with Crippen molar-refractivity contribution in [2.75, 3.05) is 25.1 Å². The summed E-state index contributed by atoms with van der Waals surface area (Å²) in [5, 5.41) is 3.32. The molecule has 1 N–H and O–H groups in total. The van der Waals surface area contributed by atoms with Crippen LogP contribution in [0.3, 0.4) is 0 Å². The second-order valence-corrected chi connectivity index (χ2v) is 5.29. The fourth-order valence-electron chi connectivity index (χ4n) is 2.16. The third-order valence-corrected chi connectivity index (χ3v) is 3.02. The van der Waals surface area contributed by atoms with Gasteiger partial charge in [-0.1, -0.05) is 20.8 Å². The van der Waals surface area contributed by atoms with E-state index in [0.29, 0.717) is 18.2 Å². The van der Waals surface area contributed by atoms with Crippen molar-refractivity contribution in [3.8, 4) is 0 Å². The van der Waals surface area contributed by atoms with Crippen LogP contribution in [0.2, 0.25) is 0 Å². The molecule has 1 heterocycles. The van der Waals surface area contributed by atoms with E-state index in [1.807, 2.05) is 6.92 Å². The first kappa shape index (κ1) is 17.8. The summed E-state index contributed by atoms with van der Waals surface area (Å²) in [6.07, 6.45) is -0.988. The van der Waals surface area contributed by atoms with Gasteiger partial charge < -0.3 is 10.1 Å². The summed E-state index contributed by atoms with van der Waals surface area (Å²) >= 11 is 0. The maximum atomic E-state index is 12.0. The van der Waals surface area contributed by atoms with E-state index in [-0.39, 0.29) is 6.61 Å². The zero-order valence-corrected chi connectivity index (χ0v) is 13.2. The van der Waals surface area contributed by atoms with E-state index in [0.717, 1.165) is 30.0 Å². The zero-order chi connectivity index (χ0) is 15.8. The first-order valence-electron chi connectivity index (χ1n) is 7.42. The number of ether oxygens (including phenoxy) is 1. The fourth-order valence-corrected chi connectivity index (χ4v) is 2.16. The van der Waals surface area contributed by atoms with Crippen LogP contribution in [0.25, 0.3) is 0 Å². The van der Waals surface area contributed by atoms with E-state index < -0.39 is 13.0 Å². The molecule has 0 saturated carbocycles. The molecule has 21 heavy (non-hydrogen) atoms. The van der Waals surface area contributed by atoms with Crippen LogP contribution in [0, 0.1) is 6.92 Å². The normalized spacial score (nSPS) is 11.4. The predicted octanol–water partition coefficient (Wildman–Crippen LogP) is 3.55. The molecule has 0 fully saturated rings. The fraction of sp³-hybridized carbons (Fsp3) is 0.733.